The maximum Gasteiger partial charge on any atom is 0.429 e. The fourth-order valence-corrected chi connectivity index (χ4v) is 9.09. The molecule has 0 unspecified atom stereocenters. The number of phenolic OH excluding ortho intramolecular Hbond substituents is 2. The highest BCUT2D eigenvalue weighted by atomic mass is 19.4. The van der Waals surface area contributed by atoms with Gasteiger partial charge in [-0.25, -0.2) is 0 Å². The minimum Gasteiger partial charge on any atom is -0.507 e. The number of phenols is 2. The molecular weight excluding hydrogens is 899 g/mol. The summed E-state index contributed by atoms with van der Waals surface area (Å²) in [6.07, 6.45) is -14.7. The van der Waals surface area contributed by atoms with Gasteiger partial charge in [0.05, 0.1) is 0 Å². The summed E-state index contributed by atoms with van der Waals surface area (Å²) in [5.41, 5.74) is 4.09. The zero-order valence-corrected chi connectivity index (χ0v) is 42.4. The normalized spacial score (nSPS) is 14.8. The number of aromatic hydroxyl groups is 2. The lowest BCUT2D eigenvalue weighted by Gasteiger charge is -2.30. The molecule has 4 nitrogen and oxygen atoms in total. The van der Waals surface area contributed by atoms with Crippen LogP contribution in [-0.4, -0.2) is 22.6 Å². The lowest BCUT2D eigenvalue weighted by atomic mass is 9.79. The van der Waals surface area contributed by atoms with Crippen molar-refractivity contribution in [2.45, 2.75) is 155 Å². The molecule has 10 heteroatoms. The Kier molecular flexibility index (Phi) is 13.9. The van der Waals surface area contributed by atoms with E-state index in [1.54, 1.807) is 12.1 Å². The largest absolute Gasteiger partial charge is 0.507 e. The van der Waals surface area contributed by atoms with Crippen LogP contribution in [0.4, 0.5) is 26.3 Å². The number of hydrogen-bond donors (Lipinski definition) is 2. The van der Waals surface area contributed by atoms with E-state index in [2.05, 4.69) is 0 Å². The number of fused-ring (bicyclic) bond motifs is 8. The van der Waals surface area contributed by atoms with Crippen LogP contribution in [0, 0.1) is 0 Å². The van der Waals surface area contributed by atoms with Crippen LogP contribution >= 0.6 is 0 Å². The predicted molar refractivity (Wildman–Crippen MR) is 267 cm³/mol. The van der Waals surface area contributed by atoms with Crippen LogP contribution in [-0.2, 0) is 47.3 Å². The van der Waals surface area contributed by atoms with Gasteiger partial charge in [-0.2, -0.15) is 26.3 Å². The Morgan fingerprint density at radius 1 is 0.357 bits per heavy atom. The standard InChI is InChI=1S/C60H66F6O4/c1-55(2,3)45-27-37-23-41-31-47(57(7,8)9)33-43(51(41)69-53(59(61,62)63)35-19-15-13-16-20-35)25-39-29-46(56(4,5)6)30-40(50(39)68)26-44-34-48(58(10,11)12)32-42(24-38(28-45)49(37)67)52(44)70-54(60(64,65)66)36-21-17-14-18-22-36/h13-22,27-34,53-54,67-68H,23-26H2,1-12H3/t53-,54-/m0/s1. The third-order valence-corrected chi connectivity index (χ3v) is 13.3. The van der Waals surface area contributed by atoms with Crippen LogP contribution < -0.4 is 9.47 Å². The van der Waals surface area contributed by atoms with Crippen LogP contribution in [0.2, 0.25) is 0 Å². The third-order valence-electron chi connectivity index (χ3n) is 13.3. The quantitative estimate of drug-likeness (QED) is 0.163. The summed E-state index contributed by atoms with van der Waals surface area (Å²) in [4.78, 5) is 0. The highest BCUT2D eigenvalue weighted by Gasteiger charge is 2.45. The fraction of sp³-hybridized carbons (Fsp3) is 0.400. The molecule has 1 aliphatic carbocycles. The summed E-state index contributed by atoms with van der Waals surface area (Å²) in [5.74, 6) is -0.340. The second-order valence-electron chi connectivity index (χ2n) is 23.1. The van der Waals surface area contributed by atoms with Crippen molar-refractivity contribution in [1.29, 1.82) is 0 Å². The molecule has 0 aromatic heterocycles. The fourth-order valence-electron chi connectivity index (χ4n) is 9.09. The van der Waals surface area contributed by atoms with Gasteiger partial charge in [0, 0.05) is 36.8 Å². The molecule has 372 valence electrons. The van der Waals surface area contributed by atoms with Crippen molar-refractivity contribution < 1.29 is 46.0 Å². The Hall–Kier alpha value is -5.90. The average Bonchev–Trinajstić information content (AvgIpc) is 3.23. The third kappa shape index (κ3) is 11.5. The SMILES string of the molecule is CC(C)(C)c1cc2c(O)c(c1)Cc1cc(C(C)(C)C)cc(c1O[C@@H](c1ccccc1)C(F)(F)F)Cc1cc(C(C)(C)C)cc(c1O)Cc1cc(C(C)(C)C)cc(c1O[C@@H](c1ccccc1)C(F)(F)F)C2. The zero-order valence-electron chi connectivity index (χ0n) is 42.4. The number of rotatable bonds is 6. The van der Waals surface area contributed by atoms with Crippen LogP contribution in [0.3, 0.4) is 0 Å². The van der Waals surface area contributed by atoms with Crippen molar-refractivity contribution >= 4 is 0 Å². The lowest BCUT2D eigenvalue weighted by molar-refractivity contribution is -0.198. The first-order valence-corrected chi connectivity index (χ1v) is 23.9. The van der Waals surface area contributed by atoms with E-state index >= 15 is 26.3 Å². The highest BCUT2D eigenvalue weighted by Crippen LogP contribution is 2.48. The molecule has 0 aliphatic heterocycles. The second kappa shape index (κ2) is 18.7. The summed E-state index contributed by atoms with van der Waals surface area (Å²) >= 11 is 0. The average molecular weight is 965 g/mol. The van der Waals surface area contributed by atoms with Gasteiger partial charge in [-0.1, -0.05) is 192 Å². The molecule has 1 aliphatic rings. The van der Waals surface area contributed by atoms with Crippen molar-refractivity contribution in [2.24, 2.45) is 0 Å². The first-order valence-electron chi connectivity index (χ1n) is 23.9. The molecule has 0 amide bonds. The van der Waals surface area contributed by atoms with Crippen molar-refractivity contribution in [2.75, 3.05) is 0 Å². The van der Waals surface area contributed by atoms with Gasteiger partial charge in [0.2, 0.25) is 12.2 Å². The van der Waals surface area contributed by atoms with E-state index in [1.165, 1.54) is 48.5 Å². The molecule has 8 bridgehead atoms. The van der Waals surface area contributed by atoms with Crippen molar-refractivity contribution in [3.8, 4) is 23.0 Å². The van der Waals surface area contributed by atoms with Gasteiger partial charge in [-0.05, 0) is 88.4 Å². The summed E-state index contributed by atoms with van der Waals surface area (Å²) < 4.78 is 105. The summed E-state index contributed by atoms with van der Waals surface area (Å²) in [6, 6.07) is 29.7. The predicted octanol–water partition coefficient (Wildman–Crippen LogP) is 16.3. The molecule has 0 radical (unpaired) electrons. The molecule has 6 aromatic rings. The molecule has 2 N–H and O–H groups in total. The first-order chi connectivity index (χ1) is 32.3. The van der Waals surface area contributed by atoms with E-state index in [0.29, 0.717) is 44.5 Å². The Morgan fingerprint density at radius 3 is 0.771 bits per heavy atom. The molecule has 2 atom stereocenters. The van der Waals surface area contributed by atoms with Crippen LogP contribution in [0.25, 0.3) is 0 Å². The maximum atomic E-state index is 15.4. The monoisotopic (exact) mass is 964 g/mol. The van der Waals surface area contributed by atoms with E-state index in [4.69, 9.17) is 9.47 Å². The van der Waals surface area contributed by atoms with Gasteiger partial charge in [-0.3, -0.25) is 0 Å². The summed E-state index contributed by atoms with van der Waals surface area (Å²) in [6.45, 7) is 24.1. The zero-order chi connectivity index (χ0) is 51.5. The van der Waals surface area contributed by atoms with Crippen LogP contribution in [0.15, 0.2) is 109 Å². The topological polar surface area (TPSA) is 58.9 Å². The lowest BCUT2D eigenvalue weighted by Crippen LogP contribution is -2.27. The molecule has 0 saturated carbocycles. The van der Waals surface area contributed by atoms with Crippen molar-refractivity contribution in [1.82, 2.24) is 0 Å². The van der Waals surface area contributed by atoms with Gasteiger partial charge in [-0.15, -0.1) is 0 Å². The number of alkyl halides is 6. The molecular formula is C60H66F6O4. The molecule has 7 rings (SSSR count). The van der Waals surface area contributed by atoms with E-state index in [0.717, 1.165) is 22.3 Å². The minimum atomic E-state index is -4.84. The van der Waals surface area contributed by atoms with Crippen LogP contribution in [0.5, 0.6) is 23.0 Å². The Labute approximate surface area is 409 Å². The maximum absolute atomic E-state index is 15.4. The van der Waals surface area contributed by atoms with Crippen molar-refractivity contribution in [3.63, 3.8) is 0 Å². The van der Waals surface area contributed by atoms with Crippen molar-refractivity contribution in [3.05, 3.63) is 187 Å². The van der Waals surface area contributed by atoms with E-state index in [-0.39, 0.29) is 59.8 Å². The van der Waals surface area contributed by atoms with Gasteiger partial charge in [0.1, 0.15) is 23.0 Å². The smallest absolute Gasteiger partial charge is 0.429 e. The number of halogens is 6. The Balaban J connectivity index is 1.62. The minimum absolute atomic E-state index is 0.0228. The molecule has 6 aromatic carbocycles. The van der Waals surface area contributed by atoms with Gasteiger partial charge >= 0.3 is 12.4 Å². The van der Waals surface area contributed by atoms with Gasteiger partial charge in [0.15, 0.2) is 0 Å². The number of ether oxygens (including phenoxy) is 2. The first kappa shape index (κ1) is 51.9. The Morgan fingerprint density at radius 2 is 0.571 bits per heavy atom. The van der Waals surface area contributed by atoms with Gasteiger partial charge in [0.25, 0.3) is 0 Å². The Bertz CT molecular complexity index is 2560. The van der Waals surface area contributed by atoms with Crippen LogP contribution in [0.1, 0.15) is 173 Å². The molecule has 0 saturated heterocycles. The number of hydrogen-bond acceptors (Lipinski definition) is 4. The van der Waals surface area contributed by atoms with E-state index in [9.17, 15) is 10.2 Å². The van der Waals surface area contributed by atoms with E-state index in [1.807, 2.05) is 132 Å². The highest BCUT2D eigenvalue weighted by molar-refractivity contribution is 5.60. The molecule has 0 fully saturated rings. The molecule has 0 spiro atoms. The number of benzene rings is 6. The second-order valence-corrected chi connectivity index (χ2v) is 23.1. The van der Waals surface area contributed by atoms with E-state index < -0.39 is 46.2 Å². The summed E-state index contributed by atoms with van der Waals surface area (Å²) in [5, 5.41) is 25.2. The molecule has 70 heavy (non-hydrogen) atoms. The molecule has 0 heterocycles. The summed E-state index contributed by atoms with van der Waals surface area (Å²) in [7, 11) is 0. The van der Waals surface area contributed by atoms with Gasteiger partial charge < -0.3 is 19.7 Å².